The number of halogens is 2. The molecule has 1 fully saturated rings. The van der Waals surface area contributed by atoms with E-state index in [4.69, 9.17) is 11.6 Å². The van der Waals surface area contributed by atoms with Crippen molar-refractivity contribution in [2.24, 2.45) is 4.99 Å². The van der Waals surface area contributed by atoms with E-state index in [2.05, 4.69) is 30.6 Å². The number of amides is 2. The number of benzene rings is 1. The summed E-state index contributed by atoms with van der Waals surface area (Å²) in [5, 5.41) is 6.33. The van der Waals surface area contributed by atoms with Gasteiger partial charge < -0.3 is 20.5 Å². The second-order valence-corrected chi connectivity index (χ2v) is 8.14. The van der Waals surface area contributed by atoms with Crippen LogP contribution in [0.25, 0.3) is 11.2 Å². The van der Waals surface area contributed by atoms with Gasteiger partial charge in [0.05, 0.1) is 30.6 Å². The van der Waals surface area contributed by atoms with Crippen LogP contribution in [0.3, 0.4) is 0 Å². The van der Waals surface area contributed by atoms with Gasteiger partial charge in [-0.05, 0) is 25.1 Å². The smallest absolute Gasteiger partial charge is 0.255 e. The van der Waals surface area contributed by atoms with Gasteiger partial charge >= 0.3 is 0 Å². The lowest BCUT2D eigenvalue weighted by Crippen LogP contribution is -2.57. The molecule has 33 heavy (non-hydrogen) atoms. The fourth-order valence-electron chi connectivity index (χ4n) is 3.70. The first kappa shape index (κ1) is 22.7. The highest BCUT2D eigenvalue weighted by Gasteiger charge is 2.33. The number of nitrogens with one attached hydrogen (secondary N) is 3. The lowest BCUT2D eigenvalue weighted by Gasteiger charge is -2.36. The molecule has 0 unspecified atom stereocenters. The summed E-state index contributed by atoms with van der Waals surface area (Å²) < 4.78 is 13.1. The van der Waals surface area contributed by atoms with Gasteiger partial charge in [-0.3, -0.25) is 14.6 Å². The lowest BCUT2D eigenvalue weighted by atomic mass is 10.0. The van der Waals surface area contributed by atoms with Gasteiger partial charge in [-0.1, -0.05) is 11.6 Å². The van der Waals surface area contributed by atoms with E-state index >= 15 is 0 Å². The number of aliphatic imine (C=N–C) groups is 1. The van der Waals surface area contributed by atoms with Crippen LogP contribution in [0.5, 0.6) is 0 Å². The molecular weight excluding hydrogens is 449 g/mol. The molecule has 3 aromatic rings. The molecule has 1 aliphatic heterocycles. The van der Waals surface area contributed by atoms with Crippen molar-refractivity contribution in [1.29, 1.82) is 0 Å². The highest BCUT2D eigenvalue weighted by molar-refractivity contribution is 6.31. The number of anilines is 1. The molecule has 0 radical (unpaired) electrons. The van der Waals surface area contributed by atoms with E-state index in [0.29, 0.717) is 27.6 Å². The van der Waals surface area contributed by atoms with Gasteiger partial charge in [-0.25, -0.2) is 14.4 Å². The minimum atomic E-state index is -1.00. The first-order valence-corrected chi connectivity index (χ1v) is 10.7. The summed E-state index contributed by atoms with van der Waals surface area (Å²) in [6, 6.07) is 4.57. The predicted octanol–water partition coefficient (Wildman–Crippen LogP) is 2.42. The quantitative estimate of drug-likeness (QED) is 0.477. The number of carbonyl (C=O) groups excluding carboxylic acids is 2. The van der Waals surface area contributed by atoms with Crippen LogP contribution in [-0.2, 0) is 4.79 Å². The summed E-state index contributed by atoms with van der Waals surface area (Å²) in [7, 11) is 3.42. The molecule has 1 atom stereocenters. The Kier molecular flexibility index (Phi) is 6.28. The second-order valence-electron chi connectivity index (χ2n) is 7.70. The van der Waals surface area contributed by atoms with Gasteiger partial charge in [0.1, 0.15) is 23.4 Å². The van der Waals surface area contributed by atoms with Crippen molar-refractivity contribution in [3.63, 3.8) is 0 Å². The molecule has 1 aliphatic rings. The van der Waals surface area contributed by atoms with Crippen molar-refractivity contribution in [1.82, 2.24) is 25.2 Å². The Morgan fingerprint density at radius 1 is 1.33 bits per heavy atom. The van der Waals surface area contributed by atoms with Crippen LogP contribution < -0.4 is 10.6 Å². The fourth-order valence-corrected chi connectivity index (χ4v) is 3.87. The fraction of sp³-hybridized carbons (Fsp3) is 0.318. The normalized spacial score (nSPS) is 15.3. The van der Waals surface area contributed by atoms with Crippen LogP contribution in [0.4, 0.5) is 10.1 Å². The van der Waals surface area contributed by atoms with Gasteiger partial charge in [0.15, 0.2) is 5.65 Å². The number of hydrogen-bond donors (Lipinski definition) is 3. The Morgan fingerprint density at radius 2 is 2.09 bits per heavy atom. The Hall–Kier alpha value is -3.53. The van der Waals surface area contributed by atoms with Crippen LogP contribution in [0.1, 0.15) is 28.5 Å². The van der Waals surface area contributed by atoms with Crippen LogP contribution in [-0.4, -0.2) is 76.8 Å². The zero-order chi connectivity index (χ0) is 23.7. The molecule has 2 aromatic heterocycles. The first-order chi connectivity index (χ1) is 15.8. The van der Waals surface area contributed by atoms with Crippen molar-refractivity contribution in [3.05, 3.63) is 52.4 Å². The molecule has 3 heterocycles. The van der Waals surface area contributed by atoms with Gasteiger partial charge in [-0.2, -0.15) is 0 Å². The van der Waals surface area contributed by atoms with Crippen LogP contribution >= 0.6 is 11.6 Å². The third-order valence-corrected chi connectivity index (χ3v) is 5.70. The van der Waals surface area contributed by atoms with E-state index < -0.39 is 18.1 Å². The molecule has 1 saturated heterocycles. The zero-order valence-electron chi connectivity index (χ0n) is 18.3. The Bertz CT molecular complexity index is 1250. The number of H-pyrrole nitrogens is 1. The molecule has 0 spiro atoms. The number of hydrogen-bond acceptors (Lipinski definition) is 6. The summed E-state index contributed by atoms with van der Waals surface area (Å²) in [6.45, 7) is 1.68. The van der Waals surface area contributed by atoms with Crippen molar-refractivity contribution in [2.75, 3.05) is 32.5 Å². The number of nitrogens with zero attached hydrogens (tertiary/aromatic N) is 4. The van der Waals surface area contributed by atoms with Crippen LogP contribution in [0, 0.1) is 0 Å². The Labute approximate surface area is 194 Å². The molecule has 3 N–H and O–H groups in total. The third kappa shape index (κ3) is 4.38. The maximum absolute atomic E-state index is 13.1. The van der Waals surface area contributed by atoms with Crippen LogP contribution in [0.15, 0.2) is 35.6 Å². The highest BCUT2D eigenvalue weighted by atomic mass is 35.5. The highest BCUT2D eigenvalue weighted by Crippen LogP contribution is 2.24. The molecule has 0 bridgehead atoms. The standard InChI is InChI=1S/C22H23ClFN7O2/c1-11(22(33)31-9-13(24)10-31)29-21(32)15-7-27-20-19(15)30-17(8-28-20)18(26-3)14-5-4-12(23)6-16(14)25-2/h4-8,11,13,25H,9-10H2,1-3H3,(H,27,28)(H,29,32)/t11-/m1/s1. The largest absolute Gasteiger partial charge is 0.388 e. The van der Waals surface area contributed by atoms with E-state index in [1.54, 1.807) is 39.3 Å². The topological polar surface area (TPSA) is 115 Å². The van der Waals surface area contributed by atoms with Crippen LogP contribution in [0.2, 0.25) is 5.02 Å². The zero-order valence-corrected chi connectivity index (χ0v) is 19.1. The Balaban J connectivity index is 1.62. The monoisotopic (exact) mass is 471 g/mol. The first-order valence-electron chi connectivity index (χ1n) is 10.3. The van der Waals surface area contributed by atoms with Gasteiger partial charge in [-0.15, -0.1) is 0 Å². The Morgan fingerprint density at radius 3 is 2.76 bits per heavy atom. The molecular formula is C22H23ClFN7O2. The minimum absolute atomic E-state index is 0.0550. The second kappa shape index (κ2) is 9.14. The molecule has 0 aliphatic carbocycles. The molecule has 4 rings (SSSR count). The van der Waals surface area contributed by atoms with E-state index in [-0.39, 0.29) is 24.6 Å². The molecule has 11 heteroatoms. The van der Waals surface area contributed by atoms with Gasteiger partial charge in [0, 0.05) is 36.6 Å². The average molecular weight is 472 g/mol. The lowest BCUT2D eigenvalue weighted by molar-refractivity contribution is -0.139. The molecule has 172 valence electrons. The number of carbonyl (C=O) groups is 2. The number of aromatic amines is 1. The SMILES string of the molecule is CN=C(c1cnc2[nH]cc(C(=O)N[C@H](C)C(=O)N3CC(F)C3)c2n1)c1ccc(Cl)cc1NC. The number of alkyl halides is 1. The molecule has 1 aromatic carbocycles. The summed E-state index contributed by atoms with van der Waals surface area (Å²) in [5.74, 6) is -0.810. The summed E-state index contributed by atoms with van der Waals surface area (Å²) in [5.41, 5.74) is 3.60. The average Bonchev–Trinajstić information content (AvgIpc) is 3.21. The predicted molar refractivity (Wildman–Crippen MR) is 125 cm³/mol. The summed E-state index contributed by atoms with van der Waals surface area (Å²) in [4.78, 5) is 42.9. The van der Waals surface area contributed by atoms with Crippen molar-refractivity contribution in [3.8, 4) is 0 Å². The molecule has 0 saturated carbocycles. The number of likely N-dealkylation sites (tertiary alicyclic amines) is 1. The van der Waals surface area contributed by atoms with Gasteiger partial charge in [0.25, 0.3) is 5.91 Å². The minimum Gasteiger partial charge on any atom is -0.388 e. The number of aromatic nitrogens is 3. The molecule has 9 nitrogen and oxygen atoms in total. The van der Waals surface area contributed by atoms with E-state index in [9.17, 15) is 14.0 Å². The van der Waals surface area contributed by atoms with Crippen molar-refractivity contribution >= 4 is 46.0 Å². The maximum Gasteiger partial charge on any atom is 0.255 e. The van der Waals surface area contributed by atoms with Crippen molar-refractivity contribution < 1.29 is 14.0 Å². The van der Waals surface area contributed by atoms with E-state index in [1.807, 2.05) is 6.07 Å². The van der Waals surface area contributed by atoms with Crippen molar-refractivity contribution in [2.45, 2.75) is 19.1 Å². The van der Waals surface area contributed by atoms with E-state index in [1.165, 1.54) is 11.1 Å². The number of rotatable bonds is 6. The summed E-state index contributed by atoms with van der Waals surface area (Å²) in [6.07, 6.45) is 2.06. The number of fused-ring (bicyclic) bond motifs is 1. The maximum atomic E-state index is 13.1. The molecule has 2 amide bonds. The third-order valence-electron chi connectivity index (χ3n) is 5.46. The van der Waals surface area contributed by atoms with E-state index in [0.717, 1.165) is 11.3 Å². The summed E-state index contributed by atoms with van der Waals surface area (Å²) >= 11 is 6.11. The van der Waals surface area contributed by atoms with Gasteiger partial charge in [0.2, 0.25) is 5.91 Å².